The highest BCUT2D eigenvalue weighted by atomic mass is 127. The van der Waals surface area contributed by atoms with Crippen LogP contribution in [0.1, 0.15) is 12.2 Å². The number of hydrogen-bond acceptors (Lipinski definition) is 5. The van der Waals surface area contributed by atoms with Gasteiger partial charge < -0.3 is 24.8 Å². The number of guanidine groups is 1. The van der Waals surface area contributed by atoms with E-state index in [9.17, 15) is 4.79 Å². The van der Waals surface area contributed by atoms with Gasteiger partial charge in [0.1, 0.15) is 12.4 Å². The van der Waals surface area contributed by atoms with Crippen LogP contribution in [-0.4, -0.2) is 104 Å². The summed E-state index contributed by atoms with van der Waals surface area (Å²) in [4.78, 5) is 30.5. The van der Waals surface area contributed by atoms with E-state index in [1.165, 1.54) is 0 Å². The van der Waals surface area contributed by atoms with Crippen LogP contribution in [0.25, 0.3) is 11.3 Å². The molecule has 1 amide bonds. The van der Waals surface area contributed by atoms with Gasteiger partial charge in [-0.25, -0.2) is 9.98 Å². The Balaban J connectivity index is 0.00000385. The van der Waals surface area contributed by atoms with Crippen molar-refractivity contribution in [3.8, 4) is 11.3 Å². The standard InChI is InChI=1S/C23H35N7O2.HI/c1-28(2)22(31)17-26-23(24-10-7-11-30-12-14-32-15-13-30)29(3)18-21-25-16-20(27-21)19-8-5-4-6-9-19;/h4-6,8-9,16H,7,10-15,17-18H2,1-3H3,(H,24,26)(H,25,27);1H. The number of carbonyl (C=O) groups is 1. The Labute approximate surface area is 213 Å². The molecule has 1 aromatic heterocycles. The summed E-state index contributed by atoms with van der Waals surface area (Å²) in [6.45, 7) is 6.05. The number of nitrogens with zero attached hydrogens (tertiary/aromatic N) is 5. The number of nitrogens with one attached hydrogen (secondary N) is 2. The molecular weight excluding hydrogens is 533 g/mol. The van der Waals surface area contributed by atoms with E-state index in [4.69, 9.17) is 4.74 Å². The lowest BCUT2D eigenvalue weighted by atomic mass is 10.2. The first-order valence-corrected chi connectivity index (χ1v) is 11.1. The molecule has 3 rings (SSSR count). The van der Waals surface area contributed by atoms with Crippen molar-refractivity contribution in [3.63, 3.8) is 0 Å². The van der Waals surface area contributed by atoms with Crippen LogP contribution in [0.5, 0.6) is 0 Å². The number of halogens is 1. The Bertz CT molecular complexity index is 867. The van der Waals surface area contributed by atoms with E-state index in [1.54, 1.807) is 19.0 Å². The number of morpholine rings is 1. The Morgan fingerprint density at radius 2 is 1.94 bits per heavy atom. The van der Waals surface area contributed by atoms with Crippen LogP contribution in [0, 0.1) is 0 Å². The topological polar surface area (TPSA) is 89.1 Å². The predicted molar refractivity (Wildman–Crippen MR) is 142 cm³/mol. The van der Waals surface area contributed by atoms with Gasteiger partial charge >= 0.3 is 0 Å². The second kappa shape index (κ2) is 14.2. The first-order chi connectivity index (χ1) is 15.5. The lowest BCUT2D eigenvalue weighted by molar-refractivity contribution is -0.127. The van der Waals surface area contributed by atoms with Gasteiger partial charge in [0.25, 0.3) is 0 Å². The van der Waals surface area contributed by atoms with Gasteiger partial charge in [0.15, 0.2) is 5.96 Å². The van der Waals surface area contributed by atoms with Crippen LogP contribution in [0.3, 0.4) is 0 Å². The highest BCUT2D eigenvalue weighted by Gasteiger charge is 2.13. The van der Waals surface area contributed by atoms with E-state index in [0.29, 0.717) is 12.5 Å². The van der Waals surface area contributed by atoms with Crippen molar-refractivity contribution < 1.29 is 9.53 Å². The van der Waals surface area contributed by atoms with Crippen LogP contribution in [0.4, 0.5) is 0 Å². The molecule has 182 valence electrons. The van der Waals surface area contributed by atoms with E-state index < -0.39 is 0 Å². The first kappa shape index (κ1) is 27.1. The third-order valence-electron chi connectivity index (χ3n) is 5.36. The molecule has 0 radical (unpaired) electrons. The minimum atomic E-state index is -0.0321. The zero-order valence-corrected chi connectivity index (χ0v) is 22.1. The number of benzene rings is 1. The molecule has 2 aromatic rings. The lowest BCUT2D eigenvalue weighted by Gasteiger charge is -2.27. The fraction of sp³-hybridized carbons (Fsp3) is 0.522. The zero-order valence-electron chi connectivity index (χ0n) is 19.8. The number of aromatic amines is 1. The van der Waals surface area contributed by atoms with Gasteiger partial charge in [0.2, 0.25) is 5.91 Å². The van der Waals surface area contributed by atoms with Gasteiger partial charge in [-0.2, -0.15) is 0 Å². The largest absolute Gasteiger partial charge is 0.379 e. The molecule has 1 aliphatic rings. The zero-order chi connectivity index (χ0) is 22.8. The van der Waals surface area contributed by atoms with Crippen molar-refractivity contribution in [1.29, 1.82) is 0 Å². The molecule has 10 heteroatoms. The number of likely N-dealkylation sites (N-methyl/N-ethyl adjacent to an activating group) is 1. The van der Waals surface area contributed by atoms with E-state index in [0.717, 1.165) is 62.9 Å². The predicted octanol–water partition coefficient (Wildman–Crippen LogP) is 1.88. The van der Waals surface area contributed by atoms with Crippen LogP contribution < -0.4 is 5.32 Å². The van der Waals surface area contributed by atoms with Gasteiger partial charge in [-0.05, 0) is 18.5 Å². The van der Waals surface area contributed by atoms with Crippen LogP contribution in [0.15, 0.2) is 41.5 Å². The SMILES string of the molecule is CN(C)C(=O)CN=C(NCCCN1CCOCC1)N(C)Cc1ncc(-c2ccccc2)[nH]1.I. The number of amides is 1. The summed E-state index contributed by atoms with van der Waals surface area (Å²) in [7, 11) is 5.44. The fourth-order valence-corrected chi connectivity index (χ4v) is 3.43. The minimum Gasteiger partial charge on any atom is -0.379 e. The number of imidazole rings is 1. The second-order valence-corrected chi connectivity index (χ2v) is 8.13. The summed E-state index contributed by atoms with van der Waals surface area (Å²) in [5.41, 5.74) is 2.08. The molecule has 0 spiro atoms. The quantitative estimate of drug-likeness (QED) is 0.208. The minimum absolute atomic E-state index is 0. The molecule has 2 N–H and O–H groups in total. The molecule has 1 aliphatic heterocycles. The molecule has 0 unspecified atom stereocenters. The lowest BCUT2D eigenvalue weighted by Crippen LogP contribution is -2.42. The van der Waals surface area contributed by atoms with E-state index in [1.807, 2.05) is 36.3 Å². The van der Waals surface area contributed by atoms with Crippen molar-refractivity contribution >= 4 is 35.8 Å². The number of hydrogen-bond donors (Lipinski definition) is 2. The number of aromatic nitrogens is 2. The van der Waals surface area contributed by atoms with Crippen LogP contribution >= 0.6 is 24.0 Å². The Morgan fingerprint density at radius 3 is 2.64 bits per heavy atom. The number of carbonyl (C=O) groups excluding carboxylic acids is 1. The summed E-state index contributed by atoms with van der Waals surface area (Å²) < 4.78 is 5.41. The smallest absolute Gasteiger partial charge is 0.243 e. The van der Waals surface area contributed by atoms with Crippen LogP contribution in [0.2, 0.25) is 0 Å². The first-order valence-electron chi connectivity index (χ1n) is 11.1. The van der Waals surface area contributed by atoms with Gasteiger partial charge in [-0.1, -0.05) is 30.3 Å². The molecule has 0 bridgehead atoms. The maximum Gasteiger partial charge on any atom is 0.243 e. The van der Waals surface area contributed by atoms with E-state index >= 15 is 0 Å². The molecular formula is C23H36IN7O2. The maximum absolute atomic E-state index is 12.1. The molecule has 33 heavy (non-hydrogen) atoms. The summed E-state index contributed by atoms with van der Waals surface area (Å²) in [6.07, 6.45) is 2.84. The summed E-state index contributed by atoms with van der Waals surface area (Å²) in [5, 5.41) is 3.42. The number of rotatable bonds is 9. The van der Waals surface area contributed by atoms with Crippen molar-refractivity contribution in [1.82, 2.24) is 30.0 Å². The van der Waals surface area contributed by atoms with Gasteiger partial charge in [0.05, 0.1) is 31.6 Å². The maximum atomic E-state index is 12.1. The van der Waals surface area contributed by atoms with E-state index in [2.05, 4.69) is 37.3 Å². The summed E-state index contributed by atoms with van der Waals surface area (Å²) >= 11 is 0. The average molecular weight is 569 g/mol. The third-order valence-corrected chi connectivity index (χ3v) is 5.36. The molecule has 1 saturated heterocycles. The molecule has 0 atom stereocenters. The van der Waals surface area contributed by atoms with Crippen molar-refractivity contribution in [2.45, 2.75) is 13.0 Å². The number of aliphatic imine (C=N–C) groups is 1. The van der Waals surface area contributed by atoms with Crippen molar-refractivity contribution in [3.05, 3.63) is 42.4 Å². The van der Waals surface area contributed by atoms with Gasteiger partial charge in [0, 0.05) is 40.8 Å². The van der Waals surface area contributed by atoms with Crippen molar-refractivity contribution in [2.24, 2.45) is 4.99 Å². The average Bonchev–Trinajstić information content (AvgIpc) is 3.28. The highest BCUT2D eigenvalue weighted by molar-refractivity contribution is 14.0. The third kappa shape index (κ3) is 8.94. The fourth-order valence-electron chi connectivity index (χ4n) is 3.43. The molecule has 1 fully saturated rings. The molecule has 0 saturated carbocycles. The summed E-state index contributed by atoms with van der Waals surface area (Å²) in [6, 6.07) is 10.1. The monoisotopic (exact) mass is 569 g/mol. The van der Waals surface area contributed by atoms with Crippen molar-refractivity contribution in [2.75, 3.05) is 67.1 Å². The Morgan fingerprint density at radius 1 is 1.21 bits per heavy atom. The van der Waals surface area contributed by atoms with E-state index in [-0.39, 0.29) is 36.4 Å². The second-order valence-electron chi connectivity index (χ2n) is 8.13. The molecule has 0 aliphatic carbocycles. The Hall–Kier alpha value is -2.18. The highest BCUT2D eigenvalue weighted by Crippen LogP contribution is 2.16. The van der Waals surface area contributed by atoms with Gasteiger partial charge in [-0.3, -0.25) is 9.69 Å². The van der Waals surface area contributed by atoms with Crippen LogP contribution in [-0.2, 0) is 16.1 Å². The van der Waals surface area contributed by atoms with Gasteiger partial charge in [-0.15, -0.1) is 24.0 Å². The molecule has 9 nitrogen and oxygen atoms in total. The number of H-pyrrole nitrogens is 1. The number of ether oxygens (including phenoxy) is 1. The molecule has 2 heterocycles. The summed E-state index contributed by atoms with van der Waals surface area (Å²) in [5.74, 6) is 1.50. The molecule has 1 aromatic carbocycles. The Kier molecular flexibility index (Phi) is 11.6. The normalized spacial score (nSPS) is 14.5.